The number of nitrogens with zero attached hydrogens (tertiary/aromatic N) is 1. The molecule has 2 fully saturated rings. The molecule has 5 heteroatoms. The van der Waals surface area contributed by atoms with Crippen LogP contribution in [0.2, 0.25) is 0 Å². The summed E-state index contributed by atoms with van der Waals surface area (Å²) in [6.07, 6.45) is 6.92. The summed E-state index contributed by atoms with van der Waals surface area (Å²) in [6, 6.07) is 0.660. The van der Waals surface area contributed by atoms with Crippen molar-refractivity contribution in [2.24, 2.45) is 0 Å². The zero-order valence-corrected chi connectivity index (χ0v) is 14.6. The van der Waals surface area contributed by atoms with Gasteiger partial charge in [0.25, 0.3) is 0 Å². The Morgan fingerprint density at radius 3 is 2.45 bits per heavy atom. The van der Waals surface area contributed by atoms with Gasteiger partial charge in [0, 0.05) is 25.7 Å². The Morgan fingerprint density at radius 1 is 1.09 bits per heavy atom. The Hall–Kier alpha value is -0.355. The van der Waals surface area contributed by atoms with E-state index in [-0.39, 0.29) is 18.3 Å². The number of hydrogen-bond donors (Lipinski definition) is 0. The summed E-state index contributed by atoms with van der Waals surface area (Å²) in [7, 11) is -0.154. The van der Waals surface area contributed by atoms with E-state index in [1.165, 1.54) is 18.4 Å². The van der Waals surface area contributed by atoms with Crippen molar-refractivity contribution >= 4 is 7.12 Å². The third kappa shape index (κ3) is 3.28. The van der Waals surface area contributed by atoms with E-state index in [2.05, 4.69) is 38.7 Å². The molecule has 22 heavy (non-hydrogen) atoms. The van der Waals surface area contributed by atoms with E-state index in [4.69, 9.17) is 14.0 Å². The molecule has 1 aliphatic carbocycles. The van der Waals surface area contributed by atoms with Gasteiger partial charge in [0.15, 0.2) is 0 Å². The molecule has 0 aromatic rings. The highest BCUT2D eigenvalue weighted by atomic mass is 16.7. The first-order valence-corrected chi connectivity index (χ1v) is 8.75. The summed E-state index contributed by atoms with van der Waals surface area (Å²) in [5.41, 5.74) is 0.857. The molecule has 2 saturated heterocycles. The molecule has 124 valence electrons. The monoisotopic (exact) mass is 307 g/mol. The van der Waals surface area contributed by atoms with Crippen LogP contribution in [0, 0.1) is 0 Å². The third-order valence-corrected chi connectivity index (χ3v) is 5.75. The molecule has 0 N–H and O–H groups in total. The molecule has 0 unspecified atom stereocenters. The van der Waals surface area contributed by atoms with Crippen molar-refractivity contribution in [2.75, 3.05) is 26.3 Å². The van der Waals surface area contributed by atoms with Crippen LogP contribution in [0.1, 0.15) is 53.4 Å². The predicted octanol–water partition coefficient (Wildman–Crippen LogP) is 2.82. The Labute approximate surface area is 135 Å². The summed E-state index contributed by atoms with van der Waals surface area (Å²) in [5.74, 6) is 0. The standard InChI is InChI=1S/C17H30BNO3/c1-16(2)17(3,4)22-18(21-16)14-6-8-15(9-7-14)19-10-5-12-20-13-11-19/h6,15H,5,7-13H2,1-4H3/t15-/m0/s1. The van der Waals surface area contributed by atoms with Crippen LogP contribution in [-0.2, 0) is 14.0 Å². The Bertz CT molecular complexity index is 412. The molecule has 0 aromatic heterocycles. The van der Waals surface area contributed by atoms with Gasteiger partial charge < -0.3 is 14.0 Å². The van der Waals surface area contributed by atoms with Crippen LogP contribution in [0.3, 0.4) is 0 Å². The molecule has 4 nitrogen and oxygen atoms in total. The van der Waals surface area contributed by atoms with Gasteiger partial charge in [0.05, 0.1) is 17.8 Å². The van der Waals surface area contributed by atoms with Crippen molar-refractivity contribution in [3.8, 4) is 0 Å². The molecule has 0 radical (unpaired) electrons. The van der Waals surface area contributed by atoms with Crippen molar-refractivity contribution in [1.82, 2.24) is 4.90 Å². The lowest BCUT2D eigenvalue weighted by molar-refractivity contribution is 0.00578. The second-order valence-corrected chi connectivity index (χ2v) is 7.80. The van der Waals surface area contributed by atoms with Crippen molar-refractivity contribution in [3.63, 3.8) is 0 Å². The van der Waals surface area contributed by atoms with Gasteiger partial charge in [-0.15, -0.1) is 0 Å². The van der Waals surface area contributed by atoms with Crippen LogP contribution in [-0.4, -0.2) is 55.6 Å². The number of hydrogen-bond acceptors (Lipinski definition) is 4. The fourth-order valence-electron chi connectivity index (χ4n) is 3.51. The van der Waals surface area contributed by atoms with E-state index in [1.54, 1.807) is 0 Å². The van der Waals surface area contributed by atoms with Gasteiger partial charge in [-0.3, -0.25) is 4.90 Å². The van der Waals surface area contributed by atoms with Crippen molar-refractivity contribution in [2.45, 2.75) is 70.6 Å². The van der Waals surface area contributed by atoms with Gasteiger partial charge >= 0.3 is 7.12 Å². The molecule has 0 bridgehead atoms. The predicted molar refractivity (Wildman–Crippen MR) is 88.8 cm³/mol. The normalized spacial score (nSPS) is 32.6. The molecule has 3 rings (SSSR count). The topological polar surface area (TPSA) is 30.9 Å². The molecule has 0 saturated carbocycles. The lowest BCUT2D eigenvalue weighted by Crippen LogP contribution is -2.41. The van der Waals surface area contributed by atoms with E-state index in [1.807, 2.05) is 0 Å². The Morgan fingerprint density at radius 2 is 1.82 bits per heavy atom. The van der Waals surface area contributed by atoms with Crippen molar-refractivity contribution < 1.29 is 14.0 Å². The van der Waals surface area contributed by atoms with E-state index < -0.39 is 0 Å². The van der Waals surface area contributed by atoms with Crippen LogP contribution >= 0.6 is 0 Å². The van der Waals surface area contributed by atoms with Crippen LogP contribution in [0.5, 0.6) is 0 Å². The summed E-state index contributed by atoms with van der Waals surface area (Å²) >= 11 is 0. The average molecular weight is 307 g/mol. The summed E-state index contributed by atoms with van der Waals surface area (Å²) in [5, 5.41) is 0. The lowest BCUT2D eigenvalue weighted by Gasteiger charge is -2.32. The summed E-state index contributed by atoms with van der Waals surface area (Å²) < 4.78 is 17.9. The molecule has 0 spiro atoms. The van der Waals surface area contributed by atoms with Gasteiger partial charge in [0.1, 0.15) is 0 Å². The number of allylic oxidation sites excluding steroid dienone is 1. The van der Waals surface area contributed by atoms with E-state index >= 15 is 0 Å². The van der Waals surface area contributed by atoms with Crippen LogP contribution < -0.4 is 0 Å². The Balaban J connectivity index is 1.60. The molecule has 0 amide bonds. The summed E-state index contributed by atoms with van der Waals surface area (Å²) in [6.45, 7) is 12.5. The maximum atomic E-state index is 6.18. The molecule has 2 heterocycles. The zero-order valence-electron chi connectivity index (χ0n) is 14.6. The van der Waals surface area contributed by atoms with Gasteiger partial charge in [0.2, 0.25) is 0 Å². The molecular formula is C17H30BNO3. The molecule has 0 aromatic carbocycles. The van der Waals surface area contributed by atoms with Crippen LogP contribution in [0.25, 0.3) is 0 Å². The first-order chi connectivity index (χ1) is 10.4. The average Bonchev–Trinajstić information content (AvgIpc) is 2.67. The highest BCUT2D eigenvalue weighted by Gasteiger charge is 2.52. The molecular weight excluding hydrogens is 277 g/mol. The highest BCUT2D eigenvalue weighted by molar-refractivity contribution is 6.54. The molecule has 3 aliphatic rings. The lowest BCUT2D eigenvalue weighted by atomic mass is 9.71. The smallest absolute Gasteiger partial charge is 0.400 e. The minimum absolute atomic E-state index is 0.154. The van der Waals surface area contributed by atoms with Crippen LogP contribution in [0.15, 0.2) is 11.5 Å². The second kappa shape index (κ2) is 6.27. The minimum atomic E-state index is -0.239. The van der Waals surface area contributed by atoms with Gasteiger partial charge in [-0.1, -0.05) is 6.08 Å². The second-order valence-electron chi connectivity index (χ2n) is 7.80. The first-order valence-electron chi connectivity index (χ1n) is 8.75. The zero-order chi connectivity index (χ0) is 15.8. The van der Waals surface area contributed by atoms with E-state index in [9.17, 15) is 0 Å². The van der Waals surface area contributed by atoms with Gasteiger partial charge in [-0.05, 0) is 58.9 Å². The fourth-order valence-corrected chi connectivity index (χ4v) is 3.51. The van der Waals surface area contributed by atoms with Crippen molar-refractivity contribution in [1.29, 1.82) is 0 Å². The molecule has 2 aliphatic heterocycles. The first kappa shape index (κ1) is 16.5. The minimum Gasteiger partial charge on any atom is -0.400 e. The maximum Gasteiger partial charge on any atom is 0.490 e. The van der Waals surface area contributed by atoms with Crippen molar-refractivity contribution in [3.05, 3.63) is 11.5 Å². The van der Waals surface area contributed by atoms with Gasteiger partial charge in [-0.2, -0.15) is 0 Å². The Kier molecular flexibility index (Phi) is 4.70. The molecule has 1 atom stereocenters. The SMILES string of the molecule is CC1(C)OB(C2=CC[C@H](N3CCCOCC3)CC2)OC1(C)C. The van der Waals surface area contributed by atoms with Crippen LogP contribution in [0.4, 0.5) is 0 Å². The quantitative estimate of drug-likeness (QED) is 0.734. The number of ether oxygens (including phenoxy) is 1. The fraction of sp³-hybridized carbons (Fsp3) is 0.882. The third-order valence-electron chi connectivity index (χ3n) is 5.75. The maximum absolute atomic E-state index is 6.18. The summed E-state index contributed by atoms with van der Waals surface area (Å²) in [4.78, 5) is 2.60. The number of rotatable bonds is 2. The van der Waals surface area contributed by atoms with Gasteiger partial charge in [-0.25, -0.2) is 0 Å². The van der Waals surface area contributed by atoms with E-state index in [0.717, 1.165) is 39.0 Å². The largest absolute Gasteiger partial charge is 0.490 e. The highest BCUT2D eigenvalue weighted by Crippen LogP contribution is 2.40. The van der Waals surface area contributed by atoms with E-state index in [0.29, 0.717) is 6.04 Å².